The molecule has 0 fully saturated rings. The first kappa shape index (κ1) is 17.8. The van der Waals surface area contributed by atoms with Crippen LogP contribution in [-0.2, 0) is 19.1 Å². The van der Waals surface area contributed by atoms with Crippen molar-refractivity contribution in [1.82, 2.24) is 10.2 Å². The summed E-state index contributed by atoms with van der Waals surface area (Å²) in [5.74, 6) is -1.15. The number of methoxy groups -OCH3 is 2. The lowest BCUT2D eigenvalue weighted by molar-refractivity contribution is -0.140. The van der Waals surface area contributed by atoms with Gasteiger partial charge in [0.25, 0.3) is 0 Å². The molecule has 0 aromatic rings. The average molecular weight is 276 g/mol. The highest BCUT2D eigenvalue weighted by Crippen LogP contribution is 1.99. The van der Waals surface area contributed by atoms with E-state index in [9.17, 15) is 9.59 Å². The van der Waals surface area contributed by atoms with E-state index in [2.05, 4.69) is 5.32 Å². The lowest BCUT2D eigenvalue weighted by atomic mass is 10.2. The lowest BCUT2D eigenvalue weighted by Gasteiger charge is -2.26. The molecule has 19 heavy (non-hydrogen) atoms. The topological polar surface area (TPSA) is 88.1 Å². The Bertz CT molecular complexity index is 273. The highest BCUT2D eigenvalue weighted by molar-refractivity contribution is 5.82. The third kappa shape index (κ3) is 8.52. The second-order valence-corrected chi connectivity index (χ2v) is 4.17. The summed E-state index contributed by atoms with van der Waals surface area (Å²) in [6.07, 6.45) is 0.728. The molecule has 0 aliphatic heterocycles. The summed E-state index contributed by atoms with van der Waals surface area (Å²) in [5, 5.41) is 11.6. The zero-order valence-corrected chi connectivity index (χ0v) is 11.8. The van der Waals surface area contributed by atoms with Crippen LogP contribution in [0.1, 0.15) is 13.3 Å². The fraction of sp³-hybridized carbons (Fsp3) is 0.833. The number of aliphatic carboxylic acids is 1. The average Bonchev–Trinajstić information content (AvgIpc) is 2.38. The van der Waals surface area contributed by atoms with E-state index in [1.807, 2.05) is 0 Å². The number of nitrogens with one attached hydrogen (secondary N) is 1. The van der Waals surface area contributed by atoms with Gasteiger partial charge in [-0.1, -0.05) is 0 Å². The van der Waals surface area contributed by atoms with E-state index in [0.717, 1.165) is 6.42 Å². The van der Waals surface area contributed by atoms with E-state index >= 15 is 0 Å². The summed E-state index contributed by atoms with van der Waals surface area (Å²) < 4.78 is 9.80. The number of carbonyl (C=O) groups is 2. The van der Waals surface area contributed by atoms with Crippen molar-refractivity contribution in [3.63, 3.8) is 0 Å². The number of carboxylic acid groups (broad SMARTS) is 1. The Hall–Kier alpha value is -1.18. The number of hydrogen-bond acceptors (Lipinski definition) is 5. The summed E-state index contributed by atoms with van der Waals surface area (Å²) in [7, 11) is 3.14. The minimum Gasteiger partial charge on any atom is -0.480 e. The van der Waals surface area contributed by atoms with Crippen molar-refractivity contribution in [2.24, 2.45) is 0 Å². The third-order valence-electron chi connectivity index (χ3n) is 2.67. The molecule has 0 aromatic heterocycles. The molecule has 0 radical (unpaired) electrons. The zero-order chi connectivity index (χ0) is 14.7. The molecule has 112 valence electrons. The van der Waals surface area contributed by atoms with E-state index in [0.29, 0.717) is 26.3 Å². The molecule has 0 saturated carbocycles. The van der Waals surface area contributed by atoms with Crippen molar-refractivity contribution in [2.75, 3.05) is 47.1 Å². The molecule has 1 atom stereocenters. The van der Waals surface area contributed by atoms with Gasteiger partial charge in [0, 0.05) is 33.9 Å². The van der Waals surface area contributed by atoms with Gasteiger partial charge in [-0.3, -0.25) is 14.5 Å². The molecule has 1 unspecified atom stereocenters. The number of rotatable bonds is 11. The SMILES string of the molecule is COCCCNC(=O)C(C)N(CCOC)CC(=O)O. The first-order valence-corrected chi connectivity index (χ1v) is 6.24. The van der Waals surface area contributed by atoms with Crippen molar-refractivity contribution in [2.45, 2.75) is 19.4 Å². The van der Waals surface area contributed by atoms with Gasteiger partial charge in [-0.2, -0.15) is 0 Å². The molecule has 0 aliphatic rings. The second-order valence-electron chi connectivity index (χ2n) is 4.17. The predicted octanol–water partition coefficient (Wildman–Crippen LogP) is -0.439. The van der Waals surface area contributed by atoms with Gasteiger partial charge >= 0.3 is 5.97 Å². The van der Waals surface area contributed by atoms with E-state index in [1.165, 1.54) is 7.11 Å². The monoisotopic (exact) mass is 276 g/mol. The van der Waals surface area contributed by atoms with Crippen LogP contribution in [0.3, 0.4) is 0 Å². The highest BCUT2D eigenvalue weighted by atomic mass is 16.5. The summed E-state index contributed by atoms with van der Waals surface area (Å²) >= 11 is 0. The van der Waals surface area contributed by atoms with Crippen molar-refractivity contribution in [3.8, 4) is 0 Å². The first-order valence-electron chi connectivity index (χ1n) is 6.24. The summed E-state index contributed by atoms with van der Waals surface area (Å²) in [6, 6.07) is -0.506. The minimum absolute atomic E-state index is 0.185. The Morgan fingerprint density at radius 1 is 1.26 bits per heavy atom. The molecule has 0 bridgehead atoms. The predicted molar refractivity (Wildman–Crippen MR) is 70.0 cm³/mol. The number of ether oxygens (including phenoxy) is 2. The Morgan fingerprint density at radius 3 is 2.42 bits per heavy atom. The molecule has 0 heterocycles. The molecule has 2 N–H and O–H groups in total. The van der Waals surface area contributed by atoms with Crippen LogP contribution in [0.15, 0.2) is 0 Å². The fourth-order valence-electron chi connectivity index (χ4n) is 1.53. The molecular weight excluding hydrogens is 252 g/mol. The molecule has 1 amide bonds. The Kier molecular flexibility index (Phi) is 10.1. The largest absolute Gasteiger partial charge is 0.480 e. The van der Waals surface area contributed by atoms with Gasteiger partial charge in [-0.25, -0.2) is 0 Å². The minimum atomic E-state index is -0.963. The molecular formula is C12H24N2O5. The summed E-state index contributed by atoms with van der Waals surface area (Å²) in [4.78, 5) is 24.2. The molecule has 0 aromatic carbocycles. The normalized spacial score (nSPS) is 12.4. The maximum absolute atomic E-state index is 11.9. The number of amides is 1. The van der Waals surface area contributed by atoms with Crippen LogP contribution in [0.2, 0.25) is 0 Å². The molecule has 0 saturated heterocycles. The van der Waals surface area contributed by atoms with Crippen molar-refractivity contribution < 1.29 is 24.2 Å². The van der Waals surface area contributed by atoms with E-state index < -0.39 is 12.0 Å². The fourth-order valence-corrected chi connectivity index (χ4v) is 1.53. The van der Waals surface area contributed by atoms with Crippen LogP contribution in [-0.4, -0.2) is 75.0 Å². The van der Waals surface area contributed by atoms with Gasteiger partial charge in [-0.15, -0.1) is 0 Å². The Morgan fingerprint density at radius 2 is 1.89 bits per heavy atom. The standard InChI is InChI=1S/C12H24N2O5/c1-10(12(17)13-5-4-7-18-2)14(6-8-19-3)9-11(15)16/h10H,4-9H2,1-3H3,(H,13,17)(H,15,16). The number of carbonyl (C=O) groups excluding carboxylic acids is 1. The molecule has 7 heteroatoms. The van der Waals surface area contributed by atoms with Gasteiger partial charge < -0.3 is 19.9 Å². The number of carboxylic acids is 1. The van der Waals surface area contributed by atoms with Crippen molar-refractivity contribution in [3.05, 3.63) is 0 Å². The van der Waals surface area contributed by atoms with Crippen LogP contribution in [0.5, 0.6) is 0 Å². The van der Waals surface area contributed by atoms with E-state index in [-0.39, 0.29) is 12.5 Å². The van der Waals surface area contributed by atoms with E-state index in [4.69, 9.17) is 14.6 Å². The quantitative estimate of drug-likeness (QED) is 0.497. The van der Waals surface area contributed by atoms with E-state index in [1.54, 1.807) is 18.9 Å². The van der Waals surface area contributed by atoms with Crippen LogP contribution in [0, 0.1) is 0 Å². The Labute approximate surface area is 113 Å². The zero-order valence-electron chi connectivity index (χ0n) is 11.8. The van der Waals surface area contributed by atoms with Gasteiger partial charge in [0.2, 0.25) is 5.91 Å². The molecule has 0 rings (SSSR count). The van der Waals surface area contributed by atoms with Crippen molar-refractivity contribution in [1.29, 1.82) is 0 Å². The van der Waals surface area contributed by atoms with Gasteiger partial charge in [0.1, 0.15) is 0 Å². The maximum Gasteiger partial charge on any atom is 0.317 e. The second kappa shape index (κ2) is 10.7. The third-order valence-corrected chi connectivity index (χ3v) is 2.67. The summed E-state index contributed by atoms with van der Waals surface area (Å²) in [6.45, 7) is 3.38. The van der Waals surface area contributed by atoms with Gasteiger partial charge in [0.05, 0.1) is 19.2 Å². The van der Waals surface area contributed by atoms with Crippen LogP contribution in [0.25, 0.3) is 0 Å². The van der Waals surface area contributed by atoms with Crippen LogP contribution < -0.4 is 5.32 Å². The van der Waals surface area contributed by atoms with Gasteiger partial charge in [0.15, 0.2) is 0 Å². The van der Waals surface area contributed by atoms with Crippen molar-refractivity contribution >= 4 is 11.9 Å². The van der Waals surface area contributed by atoms with Crippen LogP contribution in [0.4, 0.5) is 0 Å². The number of hydrogen-bond donors (Lipinski definition) is 2. The Balaban J connectivity index is 4.21. The maximum atomic E-state index is 11.9. The van der Waals surface area contributed by atoms with Crippen LogP contribution >= 0.6 is 0 Å². The highest BCUT2D eigenvalue weighted by Gasteiger charge is 2.22. The first-order chi connectivity index (χ1) is 9.02. The molecule has 0 spiro atoms. The molecule has 0 aliphatic carbocycles. The number of nitrogens with zero attached hydrogens (tertiary/aromatic N) is 1. The van der Waals surface area contributed by atoms with Gasteiger partial charge in [-0.05, 0) is 13.3 Å². The summed E-state index contributed by atoms with van der Waals surface area (Å²) in [5.41, 5.74) is 0. The smallest absolute Gasteiger partial charge is 0.317 e. The molecule has 7 nitrogen and oxygen atoms in total. The lowest BCUT2D eigenvalue weighted by Crippen LogP contribution is -2.48.